The van der Waals surface area contributed by atoms with Gasteiger partial charge in [-0.3, -0.25) is 0 Å². The number of carbonyl (C=O) groups is 2. The van der Waals surface area contributed by atoms with Crippen molar-refractivity contribution in [2.75, 3.05) is 0 Å². The molecule has 0 heterocycles. The van der Waals surface area contributed by atoms with Gasteiger partial charge in [0.1, 0.15) is 6.04 Å². The zero-order valence-corrected chi connectivity index (χ0v) is 13.9. The molecule has 0 spiro atoms. The van der Waals surface area contributed by atoms with Gasteiger partial charge in [0.05, 0.1) is 5.56 Å². The van der Waals surface area contributed by atoms with Gasteiger partial charge in [0.2, 0.25) is 0 Å². The van der Waals surface area contributed by atoms with E-state index in [2.05, 4.69) is 0 Å². The third-order valence-corrected chi connectivity index (χ3v) is 2.80. The summed E-state index contributed by atoms with van der Waals surface area (Å²) in [5.41, 5.74) is 7.00. The molecule has 2 N–H and O–H groups in total. The molecule has 2 aromatic carbocycles. The van der Waals surface area contributed by atoms with E-state index in [1.165, 1.54) is 0 Å². The van der Waals surface area contributed by atoms with E-state index in [-0.39, 0.29) is 31.0 Å². The van der Waals surface area contributed by atoms with Gasteiger partial charge in [-0.25, -0.2) is 9.59 Å². The van der Waals surface area contributed by atoms with Crippen LogP contribution < -0.4 is 35.3 Å². The van der Waals surface area contributed by atoms with Crippen LogP contribution in [0.25, 0.3) is 0 Å². The maximum atomic E-state index is 11.8. The number of hydrogen-bond acceptors (Lipinski definition) is 4. The summed E-state index contributed by atoms with van der Waals surface area (Å²) < 4.78 is 4.77. The normalized spacial score (nSPS) is 11.1. The molecule has 5 heteroatoms. The summed E-state index contributed by atoms with van der Waals surface area (Å²) in [5.74, 6) is -1.40. The minimum absolute atomic E-state index is 0. The van der Waals surface area contributed by atoms with Crippen molar-refractivity contribution in [1.82, 2.24) is 0 Å². The summed E-state index contributed by atoms with van der Waals surface area (Å²) in [6.45, 7) is 0. The first kappa shape index (κ1) is 17.6. The van der Waals surface area contributed by atoms with E-state index in [4.69, 9.17) is 10.5 Å². The van der Waals surface area contributed by atoms with Gasteiger partial charge in [0.25, 0.3) is 0 Å². The molecule has 0 unspecified atom stereocenters. The average molecular weight is 293 g/mol. The van der Waals surface area contributed by atoms with Crippen molar-refractivity contribution in [3.63, 3.8) is 0 Å². The summed E-state index contributed by atoms with van der Waals surface area (Å²) in [6.07, 6.45) is 0.335. The summed E-state index contributed by atoms with van der Waals surface area (Å²) in [7, 11) is 0. The van der Waals surface area contributed by atoms with Crippen molar-refractivity contribution < 1.29 is 45.3 Å². The van der Waals surface area contributed by atoms with Crippen LogP contribution in [0.2, 0.25) is 0 Å². The van der Waals surface area contributed by atoms with Gasteiger partial charge in [0, 0.05) is 0 Å². The number of nitrogens with two attached hydrogens (primary N) is 1. The molecule has 0 fully saturated rings. The van der Waals surface area contributed by atoms with Crippen LogP contribution in [-0.2, 0) is 16.0 Å². The molecule has 2 rings (SSSR count). The van der Waals surface area contributed by atoms with E-state index in [1.54, 1.807) is 30.3 Å². The Bertz CT molecular complexity index is 593. The van der Waals surface area contributed by atoms with Crippen molar-refractivity contribution in [1.29, 1.82) is 0 Å². The molecule has 0 radical (unpaired) electrons. The van der Waals surface area contributed by atoms with Crippen molar-refractivity contribution in [3.8, 4) is 0 Å². The van der Waals surface area contributed by atoms with Gasteiger partial charge in [-0.1, -0.05) is 48.5 Å². The van der Waals surface area contributed by atoms with Gasteiger partial charge in [0.15, 0.2) is 0 Å². The molecule has 0 aliphatic heterocycles. The molecule has 0 saturated carbocycles. The maximum absolute atomic E-state index is 11.8. The minimum Gasteiger partial charge on any atom is -1.00 e. The smallest absolute Gasteiger partial charge is 1.00 e. The molecule has 0 aromatic heterocycles. The topological polar surface area (TPSA) is 69.4 Å². The third-order valence-electron chi connectivity index (χ3n) is 2.80. The van der Waals surface area contributed by atoms with Gasteiger partial charge in [-0.05, 0) is 24.1 Å². The van der Waals surface area contributed by atoms with Crippen LogP contribution >= 0.6 is 0 Å². The predicted molar refractivity (Wildman–Crippen MR) is 76.1 cm³/mol. The molecular weight excluding hydrogens is 277 g/mol. The van der Waals surface area contributed by atoms with Crippen molar-refractivity contribution >= 4 is 11.9 Å². The van der Waals surface area contributed by atoms with Crippen LogP contribution in [-0.4, -0.2) is 18.0 Å². The van der Waals surface area contributed by atoms with Crippen LogP contribution in [0.3, 0.4) is 0 Å². The number of hydrogen-bond donors (Lipinski definition) is 1. The van der Waals surface area contributed by atoms with Crippen molar-refractivity contribution in [2.45, 2.75) is 12.5 Å². The maximum Gasteiger partial charge on any atom is 1.00 e. The second-order valence-corrected chi connectivity index (χ2v) is 4.37. The number of ether oxygens (including phenoxy) is 1. The largest absolute Gasteiger partial charge is 1.00 e. The number of rotatable bonds is 4. The molecule has 0 amide bonds. The monoisotopic (exact) mass is 293 g/mol. The van der Waals surface area contributed by atoms with Crippen LogP contribution in [0.5, 0.6) is 0 Å². The van der Waals surface area contributed by atoms with Gasteiger partial charge >= 0.3 is 41.5 Å². The number of benzene rings is 2. The van der Waals surface area contributed by atoms with E-state index in [1.807, 2.05) is 30.3 Å². The number of esters is 2. The van der Waals surface area contributed by atoms with E-state index in [0.717, 1.165) is 5.56 Å². The Morgan fingerprint density at radius 3 is 2.10 bits per heavy atom. The molecule has 0 aliphatic carbocycles. The zero-order chi connectivity index (χ0) is 14.4. The summed E-state index contributed by atoms with van der Waals surface area (Å²) in [5, 5.41) is 0. The van der Waals surface area contributed by atoms with Gasteiger partial charge in [-0.2, -0.15) is 0 Å². The SMILES string of the molecule is N[C@@H](Cc1ccccc1)C(=O)OC(=O)c1ccccc1.[H-].[Na+]. The molecule has 0 bridgehead atoms. The van der Waals surface area contributed by atoms with Gasteiger partial charge in [-0.15, -0.1) is 0 Å². The Morgan fingerprint density at radius 1 is 1.00 bits per heavy atom. The standard InChI is InChI=1S/C16H15NO3.Na.H/c17-14(11-12-7-3-1-4-8-12)16(19)20-15(18)13-9-5-2-6-10-13;;/h1-10,14H,11,17H2;;/q;+1;-1/t14-;;/m0../s1. The molecule has 0 saturated heterocycles. The van der Waals surface area contributed by atoms with Crippen LogP contribution in [0.15, 0.2) is 60.7 Å². The fraction of sp³-hybridized carbons (Fsp3) is 0.125. The minimum atomic E-state index is -0.856. The van der Waals surface area contributed by atoms with E-state index in [9.17, 15) is 9.59 Å². The second kappa shape index (κ2) is 8.74. The molecule has 1 atom stereocenters. The Balaban J connectivity index is 0.00000220. The molecule has 2 aromatic rings. The van der Waals surface area contributed by atoms with Crippen molar-refractivity contribution in [2.24, 2.45) is 5.73 Å². The molecule has 21 heavy (non-hydrogen) atoms. The zero-order valence-electron chi connectivity index (χ0n) is 12.9. The quantitative estimate of drug-likeness (QED) is 0.449. The van der Waals surface area contributed by atoms with Crippen LogP contribution in [0, 0.1) is 0 Å². The predicted octanol–water partition coefficient (Wildman–Crippen LogP) is -0.943. The summed E-state index contributed by atoms with van der Waals surface area (Å²) in [4.78, 5) is 23.5. The van der Waals surface area contributed by atoms with Crippen LogP contribution in [0.1, 0.15) is 17.3 Å². The fourth-order valence-electron chi connectivity index (χ4n) is 1.75. The Morgan fingerprint density at radius 2 is 1.52 bits per heavy atom. The first-order valence-corrected chi connectivity index (χ1v) is 6.27. The first-order chi connectivity index (χ1) is 9.66. The van der Waals surface area contributed by atoms with E-state index in [0.29, 0.717) is 12.0 Å². The van der Waals surface area contributed by atoms with E-state index >= 15 is 0 Å². The second-order valence-electron chi connectivity index (χ2n) is 4.37. The Hall–Kier alpha value is -1.46. The van der Waals surface area contributed by atoms with Gasteiger partial charge < -0.3 is 11.9 Å². The summed E-state index contributed by atoms with van der Waals surface area (Å²) in [6, 6.07) is 16.8. The Labute approximate surface area is 147 Å². The molecule has 104 valence electrons. The third kappa shape index (κ3) is 5.44. The van der Waals surface area contributed by atoms with Crippen molar-refractivity contribution in [3.05, 3.63) is 71.8 Å². The summed E-state index contributed by atoms with van der Waals surface area (Å²) >= 11 is 0. The molecule has 0 aliphatic rings. The Kier molecular flexibility index (Phi) is 7.32. The number of carbonyl (C=O) groups excluding carboxylic acids is 2. The fourth-order valence-corrected chi connectivity index (χ4v) is 1.75. The molecule has 4 nitrogen and oxygen atoms in total. The first-order valence-electron chi connectivity index (χ1n) is 6.27. The van der Waals surface area contributed by atoms with E-state index < -0.39 is 18.0 Å². The molecular formula is C16H16NNaO3. The average Bonchev–Trinajstić information content (AvgIpc) is 2.49. The van der Waals surface area contributed by atoms with Crippen LogP contribution in [0.4, 0.5) is 0 Å².